The summed E-state index contributed by atoms with van der Waals surface area (Å²) in [6.07, 6.45) is 2.67. The fraction of sp³-hybridized carbons (Fsp3) is 0.500. The summed E-state index contributed by atoms with van der Waals surface area (Å²) in [6.45, 7) is 3.79. The van der Waals surface area contributed by atoms with Crippen molar-refractivity contribution in [3.63, 3.8) is 0 Å². The lowest BCUT2D eigenvalue weighted by Crippen LogP contribution is -2.50. The van der Waals surface area contributed by atoms with E-state index in [0.717, 1.165) is 37.2 Å². The zero-order chi connectivity index (χ0) is 14.9. The van der Waals surface area contributed by atoms with Gasteiger partial charge in [0, 0.05) is 6.54 Å². The lowest BCUT2D eigenvalue weighted by Gasteiger charge is -2.36. The summed E-state index contributed by atoms with van der Waals surface area (Å²) in [5.41, 5.74) is 1.17. The van der Waals surface area contributed by atoms with Gasteiger partial charge in [-0.15, -0.1) is 0 Å². The number of hydrogen-bond donors (Lipinski definition) is 2. The van der Waals surface area contributed by atoms with Crippen molar-refractivity contribution in [1.82, 2.24) is 5.32 Å². The quantitative estimate of drug-likeness (QED) is 0.890. The summed E-state index contributed by atoms with van der Waals surface area (Å²) in [4.78, 5) is 26.7. The Morgan fingerprint density at radius 3 is 2.90 bits per heavy atom. The zero-order valence-corrected chi connectivity index (χ0v) is 12.3. The molecule has 1 atom stereocenters. The first-order valence-corrected chi connectivity index (χ1v) is 7.58. The van der Waals surface area contributed by atoms with Crippen LogP contribution in [0.4, 0.5) is 11.4 Å². The van der Waals surface area contributed by atoms with E-state index in [9.17, 15) is 9.59 Å². The molecule has 2 N–H and O–H groups in total. The molecule has 3 rings (SSSR count). The molecule has 112 valence electrons. The highest BCUT2D eigenvalue weighted by Crippen LogP contribution is 2.38. The fourth-order valence-electron chi connectivity index (χ4n) is 3.43. The van der Waals surface area contributed by atoms with Gasteiger partial charge in [0.25, 0.3) is 0 Å². The van der Waals surface area contributed by atoms with Gasteiger partial charge < -0.3 is 15.5 Å². The van der Waals surface area contributed by atoms with Crippen LogP contribution in [0.25, 0.3) is 0 Å². The Morgan fingerprint density at radius 1 is 1.38 bits per heavy atom. The van der Waals surface area contributed by atoms with Gasteiger partial charge in [0.1, 0.15) is 6.54 Å². The van der Waals surface area contributed by atoms with Crippen LogP contribution in [-0.4, -0.2) is 31.4 Å². The molecule has 1 unspecified atom stereocenters. The molecule has 2 amide bonds. The van der Waals surface area contributed by atoms with Crippen molar-refractivity contribution < 1.29 is 9.59 Å². The first-order valence-electron chi connectivity index (χ1n) is 7.58. The Balaban J connectivity index is 1.96. The molecule has 0 spiro atoms. The molecule has 0 aliphatic carbocycles. The van der Waals surface area contributed by atoms with Crippen LogP contribution < -0.4 is 15.5 Å². The first kappa shape index (κ1) is 14.1. The molecule has 1 aromatic rings. The third-order valence-electron chi connectivity index (χ3n) is 4.44. The number of rotatable bonds is 3. The number of fused-ring (bicyclic) bond motifs is 1. The smallest absolute Gasteiger partial charge is 0.244 e. The van der Waals surface area contributed by atoms with Crippen LogP contribution in [-0.2, 0) is 9.59 Å². The first-order chi connectivity index (χ1) is 10.2. The van der Waals surface area contributed by atoms with Crippen LogP contribution in [0.1, 0.15) is 26.2 Å². The molecule has 1 saturated heterocycles. The van der Waals surface area contributed by atoms with E-state index in [-0.39, 0.29) is 23.8 Å². The Bertz CT molecular complexity index is 564. The van der Waals surface area contributed by atoms with E-state index in [1.807, 2.05) is 24.3 Å². The molecule has 0 saturated carbocycles. The number of para-hydroxylation sites is 2. The summed E-state index contributed by atoms with van der Waals surface area (Å²) in [7, 11) is 0. The topological polar surface area (TPSA) is 61.4 Å². The number of nitrogens with zero attached hydrogens (tertiary/aromatic N) is 1. The van der Waals surface area contributed by atoms with E-state index in [1.54, 1.807) is 4.90 Å². The normalized spacial score (nSPS) is 24.6. The minimum absolute atomic E-state index is 0.0802. The zero-order valence-electron chi connectivity index (χ0n) is 12.3. The van der Waals surface area contributed by atoms with Crippen LogP contribution in [0, 0.1) is 5.41 Å². The third kappa shape index (κ3) is 2.42. The molecule has 0 bridgehead atoms. The summed E-state index contributed by atoms with van der Waals surface area (Å²) in [5, 5.41) is 6.14. The standard InChI is InChI=1S/C16H21N3O2/c1-2-7-16(8-9-17-11-16)15(21)19-10-14(20)18-12-5-3-4-6-13(12)19/h3-6,17H,2,7-11H2,1H3,(H,18,20). The van der Waals surface area contributed by atoms with Crippen LogP contribution >= 0.6 is 0 Å². The highest BCUT2D eigenvalue weighted by molar-refractivity contribution is 6.11. The van der Waals surface area contributed by atoms with Crippen molar-refractivity contribution in [1.29, 1.82) is 0 Å². The van der Waals surface area contributed by atoms with E-state index >= 15 is 0 Å². The molecule has 2 aliphatic heterocycles. The maximum atomic E-state index is 13.1. The average molecular weight is 287 g/mol. The maximum absolute atomic E-state index is 13.1. The van der Waals surface area contributed by atoms with E-state index in [4.69, 9.17) is 0 Å². The van der Waals surface area contributed by atoms with Crippen LogP contribution in [0.3, 0.4) is 0 Å². The fourth-order valence-corrected chi connectivity index (χ4v) is 3.43. The molecular weight excluding hydrogens is 266 g/mol. The largest absolute Gasteiger partial charge is 0.323 e. The molecule has 21 heavy (non-hydrogen) atoms. The molecule has 1 fully saturated rings. The van der Waals surface area contributed by atoms with Gasteiger partial charge in [0.2, 0.25) is 11.8 Å². The second-order valence-corrected chi connectivity index (χ2v) is 5.91. The van der Waals surface area contributed by atoms with Crippen molar-refractivity contribution in [2.45, 2.75) is 26.2 Å². The van der Waals surface area contributed by atoms with Crippen molar-refractivity contribution in [3.8, 4) is 0 Å². The number of carbonyl (C=O) groups is 2. The van der Waals surface area contributed by atoms with Gasteiger partial charge in [0.15, 0.2) is 0 Å². The van der Waals surface area contributed by atoms with Crippen molar-refractivity contribution >= 4 is 23.2 Å². The Labute approximate surface area is 124 Å². The van der Waals surface area contributed by atoms with Gasteiger partial charge >= 0.3 is 0 Å². The highest BCUT2D eigenvalue weighted by atomic mass is 16.2. The van der Waals surface area contributed by atoms with Gasteiger partial charge in [-0.05, 0) is 31.5 Å². The number of carbonyl (C=O) groups excluding carboxylic acids is 2. The summed E-state index contributed by atoms with van der Waals surface area (Å²) < 4.78 is 0. The molecule has 0 aromatic heterocycles. The van der Waals surface area contributed by atoms with Gasteiger partial charge in [-0.1, -0.05) is 25.5 Å². The second-order valence-electron chi connectivity index (χ2n) is 5.91. The Morgan fingerprint density at radius 2 is 2.19 bits per heavy atom. The Hall–Kier alpha value is -1.88. The van der Waals surface area contributed by atoms with Crippen LogP contribution in [0.5, 0.6) is 0 Å². The lowest BCUT2D eigenvalue weighted by atomic mass is 9.80. The molecule has 1 aromatic carbocycles. The number of hydrogen-bond acceptors (Lipinski definition) is 3. The molecule has 2 aliphatic rings. The number of nitrogens with one attached hydrogen (secondary N) is 2. The number of amides is 2. The minimum Gasteiger partial charge on any atom is -0.323 e. The number of benzene rings is 1. The van der Waals surface area contributed by atoms with Crippen LogP contribution in [0.2, 0.25) is 0 Å². The minimum atomic E-state index is -0.362. The maximum Gasteiger partial charge on any atom is 0.244 e. The molecule has 0 radical (unpaired) electrons. The predicted octanol–water partition coefficient (Wildman–Crippen LogP) is 1.75. The van der Waals surface area contributed by atoms with E-state index in [0.29, 0.717) is 6.54 Å². The van der Waals surface area contributed by atoms with Gasteiger partial charge in [-0.3, -0.25) is 9.59 Å². The van der Waals surface area contributed by atoms with E-state index < -0.39 is 0 Å². The SMILES string of the molecule is CCCC1(C(=O)N2CC(=O)Nc3ccccc32)CCNC1. The van der Waals surface area contributed by atoms with E-state index in [2.05, 4.69) is 17.6 Å². The average Bonchev–Trinajstić information content (AvgIpc) is 2.96. The highest BCUT2D eigenvalue weighted by Gasteiger charge is 2.44. The number of anilines is 2. The van der Waals surface area contributed by atoms with Crippen molar-refractivity contribution in [2.24, 2.45) is 5.41 Å². The molecule has 2 heterocycles. The van der Waals surface area contributed by atoms with E-state index in [1.165, 1.54) is 0 Å². The van der Waals surface area contributed by atoms with Gasteiger partial charge in [0.05, 0.1) is 16.8 Å². The van der Waals surface area contributed by atoms with Gasteiger partial charge in [-0.25, -0.2) is 0 Å². The molecular formula is C16H21N3O2. The summed E-state index contributed by atoms with van der Waals surface area (Å²) in [6, 6.07) is 7.50. The Kier molecular flexibility index (Phi) is 3.68. The monoisotopic (exact) mass is 287 g/mol. The van der Waals surface area contributed by atoms with Crippen molar-refractivity contribution in [2.75, 3.05) is 29.9 Å². The second kappa shape index (κ2) is 5.48. The lowest BCUT2D eigenvalue weighted by molar-refractivity contribution is -0.129. The summed E-state index contributed by atoms with van der Waals surface area (Å²) >= 11 is 0. The molecule has 5 heteroatoms. The van der Waals surface area contributed by atoms with Gasteiger partial charge in [-0.2, -0.15) is 0 Å². The van der Waals surface area contributed by atoms with Crippen LogP contribution in [0.15, 0.2) is 24.3 Å². The van der Waals surface area contributed by atoms with Crippen molar-refractivity contribution in [3.05, 3.63) is 24.3 Å². The summed E-state index contributed by atoms with van der Waals surface area (Å²) in [5.74, 6) is -0.0451. The third-order valence-corrected chi connectivity index (χ3v) is 4.44. The molecule has 5 nitrogen and oxygen atoms in total. The predicted molar refractivity (Wildman–Crippen MR) is 82.3 cm³/mol.